The third kappa shape index (κ3) is 4.23. The Morgan fingerprint density at radius 3 is 2.70 bits per heavy atom. The van der Waals surface area contributed by atoms with Crippen molar-refractivity contribution in [3.63, 3.8) is 0 Å². The van der Waals surface area contributed by atoms with Crippen LogP contribution in [0.5, 0.6) is 0 Å². The van der Waals surface area contributed by atoms with Gasteiger partial charge in [0.25, 0.3) is 0 Å². The second-order valence-electron chi connectivity index (χ2n) is 6.15. The van der Waals surface area contributed by atoms with E-state index in [-0.39, 0.29) is 24.4 Å². The summed E-state index contributed by atoms with van der Waals surface area (Å²) < 4.78 is 0. The van der Waals surface area contributed by atoms with Crippen LogP contribution in [0.1, 0.15) is 24.1 Å². The van der Waals surface area contributed by atoms with Crippen LogP contribution in [0.15, 0.2) is 67.5 Å². The summed E-state index contributed by atoms with van der Waals surface area (Å²) >= 11 is 0. The molecule has 3 aromatic rings. The largest absolute Gasteiger partial charge is 0.345 e. The molecular formula is C21H22N4O2. The van der Waals surface area contributed by atoms with Crippen LogP contribution in [0.25, 0.3) is 11.0 Å². The summed E-state index contributed by atoms with van der Waals surface area (Å²) in [6.45, 7) is 5.74. The highest BCUT2D eigenvalue weighted by atomic mass is 16.2. The van der Waals surface area contributed by atoms with Crippen molar-refractivity contribution >= 4 is 22.8 Å². The van der Waals surface area contributed by atoms with Crippen molar-refractivity contribution in [1.82, 2.24) is 20.2 Å². The standard InChI is InChI=1S/C21H22N4O2/c1-3-20(27)25(4-2)13-19(26)24-21(15-8-6-5-7-9-15)16-10-11-17-18(12-16)23-14-22-17/h3,5-12,14,21H,1,4,13H2,2H3,(H,22,23)(H,24,26). The Kier molecular flexibility index (Phi) is 5.66. The molecule has 6 heteroatoms. The number of aromatic amines is 1. The van der Waals surface area contributed by atoms with Gasteiger partial charge in [-0.3, -0.25) is 9.59 Å². The Morgan fingerprint density at radius 1 is 1.22 bits per heavy atom. The average Bonchev–Trinajstić information content (AvgIpc) is 3.18. The van der Waals surface area contributed by atoms with Crippen molar-refractivity contribution in [2.24, 2.45) is 0 Å². The molecular weight excluding hydrogens is 340 g/mol. The van der Waals surface area contributed by atoms with Gasteiger partial charge in [-0.05, 0) is 36.3 Å². The Labute approximate surface area is 157 Å². The molecule has 1 aromatic heterocycles. The normalized spacial score (nSPS) is 11.7. The summed E-state index contributed by atoms with van der Waals surface area (Å²) in [4.78, 5) is 33.3. The van der Waals surface area contributed by atoms with Crippen LogP contribution >= 0.6 is 0 Å². The number of likely N-dealkylation sites (N-methyl/N-ethyl adjacent to an activating group) is 1. The summed E-state index contributed by atoms with van der Waals surface area (Å²) in [6, 6.07) is 15.3. The fourth-order valence-corrected chi connectivity index (χ4v) is 2.99. The van der Waals surface area contributed by atoms with E-state index in [1.807, 2.05) is 55.5 Å². The lowest BCUT2D eigenvalue weighted by atomic mass is 9.98. The van der Waals surface area contributed by atoms with Crippen LogP contribution in [0, 0.1) is 0 Å². The Bertz CT molecular complexity index is 949. The second-order valence-corrected chi connectivity index (χ2v) is 6.15. The number of benzene rings is 2. The molecule has 2 amide bonds. The molecule has 0 fully saturated rings. The number of aromatic nitrogens is 2. The molecule has 3 rings (SSSR count). The predicted octanol–water partition coefficient (Wildman–Crippen LogP) is 2.80. The summed E-state index contributed by atoms with van der Waals surface area (Å²) in [5.41, 5.74) is 3.66. The van der Waals surface area contributed by atoms with Crippen LogP contribution in [0.3, 0.4) is 0 Å². The molecule has 0 bridgehead atoms. The number of nitrogens with zero attached hydrogens (tertiary/aromatic N) is 2. The fourth-order valence-electron chi connectivity index (χ4n) is 2.99. The highest BCUT2D eigenvalue weighted by Gasteiger charge is 2.20. The molecule has 2 aromatic carbocycles. The highest BCUT2D eigenvalue weighted by Crippen LogP contribution is 2.24. The highest BCUT2D eigenvalue weighted by molar-refractivity contribution is 5.91. The molecule has 1 atom stereocenters. The van der Waals surface area contributed by atoms with Crippen LogP contribution in [-0.4, -0.2) is 39.8 Å². The average molecular weight is 362 g/mol. The summed E-state index contributed by atoms with van der Waals surface area (Å²) in [5, 5.41) is 3.05. The molecule has 0 radical (unpaired) electrons. The van der Waals surface area contributed by atoms with Crippen molar-refractivity contribution in [3.8, 4) is 0 Å². The smallest absolute Gasteiger partial charge is 0.246 e. The minimum absolute atomic E-state index is 0.0169. The van der Waals surface area contributed by atoms with Crippen molar-refractivity contribution in [1.29, 1.82) is 0 Å². The number of fused-ring (bicyclic) bond motifs is 1. The van der Waals surface area contributed by atoms with Crippen LogP contribution in [0.4, 0.5) is 0 Å². The first kappa shape index (κ1) is 18.4. The first-order valence-electron chi connectivity index (χ1n) is 8.81. The number of carbonyl (C=O) groups excluding carboxylic acids is 2. The minimum Gasteiger partial charge on any atom is -0.345 e. The van der Waals surface area contributed by atoms with E-state index in [1.165, 1.54) is 11.0 Å². The van der Waals surface area contributed by atoms with E-state index in [4.69, 9.17) is 0 Å². The van der Waals surface area contributed by atoms with E-state index in [0.29, 0.717) is 6.54 Å². The lowest BCUT2D eigenvalue weighted by molar-refractivity contribution is -0.132. The minimum atomic E-state index is -0.330. The molecule has 0 aliphatic carbocycles. The van der Waals surface area contributed by atoms with Gasteiger partial charge in [-0.1, -0.05) is 43.0 Å². The molecule has 0 aliphatic heterocycles. The zero-order valence-corrected chi connectivity index (χ0v) is 15.2. The number of hydrogen-bond donors (Lipinski definition) is 2. The maximum absolute atomic E-state index is 12.6. The molecule has 27 heavy (non-hydrogen) atoms. The van der Waals surface area contributed by atoms with Gasteiger partial charge in [0.2, 0.25) is 11.8 Å². The van der Waals surface area contributed by atoms with Gasteiger partial charge in [0.15, 0.2) is 0 Å². The van der Waals surface area contributed by atoms with Crippen LogP contribution in [0.2, 0.25) is 0 Å². The molecule has 2 N–H and O–H groups in total. The Balaban J connectivity index is 1.87. The number of H-pyrrole nitrogens is 1. The molecule has 0 saturated heterocycles. The zero-order chi connectivity index (χ0) is 19.2. The molecule has 6 nitrogen and oxygen atoms in total. The van der Waals surface area contributed by atoms with E-state index >= 15 is 0 Å². The van der Waals surface area contributed by atoms with Crippen molar-refractivity contribution in [2.45, 2.75) is 13.0 Å². The quantitative estimate of drug-likeness (QED) is 0.635. The van der Waals surface area contributed by atoms with E-state index in [2.05, 4.69) is 21.9 Å². The third-order valence-electron chi connectivity index (χ3n) is 4.42. The third-order valence-corrected chi connectivity index (χ3v) is 4.42. The first-order chi connectivity index (χ1) is 13.1. The van der Waals surface area contributed by atoms with Crippen molar-refractivity contribution in [2.75, 3.05) is 13.1 Å². The van der Waals surface area contributed by atoms with Gasteiger partial charge in [-0.25, -0.2) is 4.98 Å². The second kappa shape index (κ2) is 8.31. The van der Waals surface area contributed by atoms with Gasteiger partial charge < -0.3 is 15.2 Å². The first-order valence-corrected chi connectivity index (χ1v) is 8.81. The Hall–Kier alpha value is -3.41. The molecule has 1 unspecified atom stereocenters. The van der Waals surface area contributed by atoms with E-state index in [0.717, 1.165) is 22.2 Å². The fraction of sp³-hybridized carbons (Fsp3) is 0.190. The SMILES string of the molecule is C=CC(=O)N(CC)CC(=O)NC(c1ccccc1)c1ccc2nc[nH]c2c1. The van der Waals surface area contributed by atoms with Gasteiger partial charge in [0.05, 0.1) is 29.9 Å². The van der Waals surface area contributed by atoms with Crippen LogP contribution in [-0.2, 0) is 9.59 Å². The maximum Gasteiger partial charge on any atom is 0.246 e. The van der Waals surface area contributed by atoms with Crippen LogP contribution < -0.4 is 5.32 Å². The zero-order valence-electron chi connectivity index (χ0n) is 15.2. The lowest BCUT2D eigenvalue weighted by Gasteiger charge is -2.23. The van der Waals surface area contributed by atoms with E-state index in [1.54, 1.807) is 6.33 Å². The summed E-state index contributed by atoms with van der Waals surface area (Å²) in [5.74, 6) is -0.492. The van der Waals surface area contributed by atoms with Gasteiger partial charge in [0.1, 0.15) is 0 Å². The number of rotatable bonds is 7. The topological polar surface area (TPSA) is 78.1 Å². The number of amides is 2. The summed E-state index contributed by atoms with van der Waals surface area (Å²) in [7, 11) is 0. The predicted molar refractivity (Wildman–Crippen MR) is 105 cm³/mol. The number of hydrogen-bond acceptors (Lipinski definition) is 3. The van der Waals surface area contributed by atoms with Crippen molar-refractivity contribution in [3.05, 3.63) is 78.6 Å². The van der Waals surface area contributed by atoms with E-state index in [9.17, 15) is 9.59 Å². The number of carbonyl (C=O) groups is 2. The Morgan fingerprint density at radius 2 is 2.00 bits per heavy atom. The molecule has 0 spiro atoms. The number of imidazole rings is 1. The summed E-state index contributed by atoms with van der Waals surface area (Å²) in [6.07, 6.45) is 2.86. The van der Waals surface area contributed by atoms with Gasteiger partial charge in [0, 0.05) is 6.54 Å². The van der Waals surface area contributed by atoms with Gasteiger partial charge in [-0.2, -0.15) is 0 Å². The molecule has 0 aliphatic rings. The molecule has 1 heterocycles. The van der Waals surface area contributed by atoms with Crippen molar-refractivity contribution < 1.29 is 9.59 Å². The number of nitrogens with one attached hydrogen (secondary N) is 2. The maximum atomic E-state index is 12.6. The van der Waals surface area contributed by atoms with Gasteiger partial charge >= 0.3 is 0 Å². The van der Waals surface area contributed by atoms with Gasteiger partial charge in [-0.15, -0.1) is 0 Å². The van der Waals surface area contributed by atoms with E-state index < -0.39 is 0 Å². The lowest BCUT2D eigenvalue weighted by Crippen LogP contribution is -2.41. The molecule has 0 saturated carbocycles. The monoisotopic (exact) mass is 362 g/mol. The molecule has 138 valence electrons.